The van der Waals surface area contributed by atoms with E-state index in [2.05, 4.69) is 22.3 Å². The average molecular weight is 230 g/mol. The van der Waals surface area contributed by atoms with E-state index in [-0.39, 0.29) is 0 Å². The Morgan fingerprint density at radius 2 is 2.24 bits per heavy atom. The van der Waals surface area contributed by atoms with Crippen molar-refractivity contribution in [1.29, 1.82) is 0 Å². The second kappa shape index (κ2) is 3.72. The first-order chi connectivity index (χ1) is 8.16. The third kappa shape index (κ3) is 1.88. The van der Waals surface area contributed by atoms with E-state index in [9.17, 15) is 0 Å². The normalized spacial score (nSPS) is 18.0. The SMILES string of the molecule is Cc1cccc2nc(NCC3(C)CCC3)nn12. The summed E-state index contributed by atoms with van der Waals surface area (Å²) in [5.74, 6) is 0.743. The molecule has 1 aliphatic rings. The fourth-order valence-electron chi connectivity index (χ4n) is 2.36. The van der Waals surface area contributed by atoms with Crippen molar-refractivity contribution >= 4 is 11.6 Å². The van der Waals surface area contributed by atoms with Crippen LogP contribution in [0, 0.1) is 12.3 Å². The van der Waals surface area contributed by atoms with Crippen LogP contribution >= 0.6 is 0 Å². The number of rotatable bonds is 3. The number of anilines is 1. The molecule has 2 aromatic heterocycles. The molecule has 1 aliphatic carbocycles. The van der Waals surface area contributed by atoms with E-state index in [4.69, 9.17) is 0 Å². The minimum atomic E-state index is 0.451. The van der Waals surface area contributed by atoms with Gasteiger partial charge in [-0.05, 0) is 37.3 Å². The van der Waals surface area contributed by atoms with Crippen molar-refractivity contribution in [1.82, 2.24) is 14.6 Å². The van der Waals surface area contributed by atoms with Gasteiger partial charge in [0.05, 0.1) is 0 Å². The average Bonchev–Trinajstić information content (AvgIpc) is 2.68. The summed E-state index contributed by atoms with van der Waals surface area (Å²) in [6.07, 6.45) is 3.98. The second-order valence-electron chi connectivity index (χ2n) is 5.39. The molecule has 0 spiro atoms. The van der Waals surface area contributed by atoms with Gasteiger partial charge >= 0.3 is 0 Å². The van der Waals surface area contributed by atoms with Crippen molar-refractivity contribution in [3.63, 3.8) is 0 Å². The fraction of sp³-hybridized carbons (Fsp3) is 0.538. The lowest BCUT2D eigenvalue weighted by Crippen LogP contribution is -2.33. The van der Waals surface area contributed by atoms with Gasteiger partial charge in [-0.2, -0.15) is 4.98 Å². The minimum Gasteiger partial charge on any atom is -0.352 e. The molecule has 2 heterocycles. The van der Waals surface area contributed by atoms with Crippen LogP contribution in [0.3, 0.4) is 0 Å². The lowest BCUT2D eigenvalue weighted by Gasteiger charge is -2.38. The van der Waals surface area contributed by atoms with Crippen molar-refractivity contribution in [2.45, 2.75) is 33.1 Å². The molecule has 0 radical (unpaired) electrons. The molecular formula is C13H18N4. The van der Waals surface area contributed by atoms with Crippen LogP contribution < -0.4 is 5.32 Å². The van der Waals surface area contributed by atoms with Gasteiger partial charge < -0.3 is 5.32 Å². The van der Waals surface area contributed by atoms with Crippen molar-refractivity contribution in [2.75, 3.05) is 11.9 Å². The van der Waals surface area contributed by atoms with Gasteiger partial charge in [0.2, 0.25) is 5.95 Å². The molecule has 0 saturated heterocycles. The van der Waals surface area contributed by atoms with Crippen LogP contribution in [0.2, 0.25) is 0 Å². The summed E-state index contributed by atoms with van der Waals surface area (Å²) >= 11 is 0. The highest BCUT2D eigenvalue weighted by Gasteiger charge is 2.31. The molecule has 4 nitrogen and oxygen atoms in total. The van der Waals surface area contributed by atoms with E-state index in [1.54, 1.807) is 0 Å². The van der Waals surface area contributed by atoms with Crippen LogP contribution in [0.25, 0.3) is 5.65 Å². The van der Waals surface area contributed by atoms with Gasteiger partial charge in [0.25, 0.3) is 0 Å². The second-order valence-corrected chi connectivity index (χ2v) is 5.39. The van der Waals surface area contributed by atoms with Crippen LogP contribution in [0.4, 0.5) is 5.95 Å². The Hall–Kier alpha value is -1.58. The van der Waals surface area contributed by atoms with E-state index < -0.39 is 0 Å². The molecule has 90 valence electrons. The van der Waals surface area contributed by atoms with Gasteiger partial charge in [-0.25, -0.2) is 4.52 Å². The molecule has 0 bridgehead atoms. The smallest absolute Gasteiger partial charge is 0.243 e. The number of nitrogens with one attached hydrogen (secondary N) is 1. The van der Waals surface area contributed by atoms with Gasteiger partial charge in [-0.3, -0.25) is 0 Å². The molecule has 0 unspecified atom stereocenters. The summed E-state index contributed by atoms with van der Waals surface area (Å²) in [7, 11) is 0. The quantitative estimate of drug-likeness (QED) is 0.881. The van der Waals surface area contributed by atoms with Gasteiger partial charge in [0.1, 0.15) is 0 Å². The molecule has 0 atom stereocenters. The summed E-state index contributed by atoms with van der Waals surface area (Å²) in [5.41, 5.74) is 2.47. The number of aryl methyl sites for hydroxylation is 1. The van der Waals surface area contributed by atoms with Crippen LogP contribution in [0.5, 0.6) is 0 Å². The number of nitrogens with zero attached hydrogens (tertiary/aromatic N) is 3. The topological polar surface area (TPSA) is 42.2 Å². The largest absolute Gasteiger partial charge is 0.352 e. The lowest BCUT2D eigenvalue weighted by molar-refractivity contribution is 0.179. The molecule has 3 rings (SSSR count). The van der Waals surface area contributed by atoms with E-state index >= 15 is 0 Å². The highest BCUT2D eigenvalue weighted by Crippen LogP contribution is 2.39. The first-order valence-corrected chi connectivity index (χ1v) is 6.23. The van der Waals surface area contributed by atoms with Crippen molar-refractivity contribution in [3.05, 3.63) is 23.9 Å². The Balaban J connectivity index is 1.79. The summed E-state index contributed by atoms with van der Waals surface area (Å²) < 4.78 is 1.88. The Bertz CT molecular complexity index is 539. The Labute approximate surface area is 101 Å². The molecule has 2 aromatic rings. The van der Waals surface area contributed by atoms with E-state index in [1.807, 2.05) is 29.6 Å². The summed E-state index contributed by atoms with van der Waals surface area (Å²) in [4.78, 5) is 4.48. The van der Waals surface area contributed by atoms with Crippen molar-refractivity contribution < 1.29 is 0 Å². The monoisotopic (exact) mass is 230 g/mol. The Morgan fingerprint density at radius 3 is 2.88 bits per heavy atom. The number of hydrogen-bond acceptors (Lipinski definition) is 3. The molecule has 1 saturated carbocycles. The maximum atomic E-state index is 4.48. The highest BCUT2D eigenvalue weighted by atomic mass is 15.3. The molecule has 0 aliphatic heterocycles. The number of aromatic nitrogens is 3. The Kier molecular flexibility index (Phi) is 2.31. The van der Waals surface area contributed by atoms with Crippen LogP contribution in [-0.2, 0) is 0 Å². The maximum Gasteiger partial charge on any atom is 0.243 e. The molecule has 17 heavy (non-hydrogen) atoms. The predicted octanol–water partition coefficient (Wildman–Crippen LogP) is 2.64. The van der Waals surface area contributed by atoms with Crippen molar-refractivity contribution in [3.8, 4) is 0 Å². The van der Waals surface area contributed by atoms with Gasteiger partial charge in [-0.1, -0.05) is 19.4 Å². The maximum absolute atomic E-state index is 4.48. The molecule has 1 fully saturated rings. The number of hydrogen-bond donors (Lipinski definition) is 1. The van der Waals surface area contributed by atoms with E-state index in [1.165, 1.54) is 19.3 Å². The first kappa shape index (κ1) is 10.6. The number of fused-ring (bicyclic) bond motifs is 1. The van der Waals surface area contributed by atoms with Crippen LogP contribution in [0.15, 0.2) is 18.2 Å². The van der Waals surface area contributed by atoms with E-state index in [0.29, 0.717) is 5.41 Å². The molecule has 4 heteroatoms. The van der Waals surface area contributed by atoms with Gasteiger partial charge in [0, 0.05) is 12.2 Å². The zero-order chi connectivity index (χ0) is 11.9. The minimum absolute atomic E-state index is 0.451. The molecule has 0 amide bonds. The third-order valence-corrected chi connectivity index (χ3v) is 3.78. The summed E-state index contributed by atoms with van der Waals surface area (Å²) in [6.45, 7) is 5.34. The predicted molar refractivity (Wildman–Crippen MR) is 68.2 cm³/mol. The van der Waals surface area contributed by atoms with Crippen LogP contribution in [-0.4, -0.2) is 21.1 Å². The lowest BCUT2D eigenvalue weighted by atomic mass is 9.70. The standard InChI is InChI=1S/C13H18N4/c1-10-5-3-6-11-15-12(16-17(10)11)14-9-13(2)7-4-8-13/h3,5-6H,4,7-9H2,1-2H3,(H,14,16). The fourth-order valence-corrected chi connectivity index (χ4v) is 2.36. The summed E-state index contributed by atoms with van der Waals surface area (Å²) in [5, 5.41) is 7.83. The molecular weight excluding hydrogens is 212 g/mol. The van der Waals surface area contributed by atoms with Gasteiger partial charge in [0.15, 0.2) is 5.65 Å². The highest BCUT2D eigenvalue weighted by molar-refractivity contribution is 5.44. The zero-order valence-electron chi connectivity index (χ0n) is 10.4. The first-order valence-electron chi connectivity index (χ1n) is 6.23. The van der Waals surface area contributed by atoms with Gasteiger partial charge in [-0.15, -0.1) is 5.10 Å². The van der Waals surface area contributed by atoms with E-state index in [0.717, 1.165) is 23.8 Å². The molecule has 1 N–H and O–H groups in total. The third-order valence-electron chi connectivity index (χ3n) is 3.78. The zero-order valence-corrected chi connectivity index (χ0v) is 10.4. The summed E-state index contributed by atoms with van der Waals surface area (Å²) in [6, 6.07) is 6.03. The van der Waals surface area contributed by atoms with Crippen molar-refractivity contribution in [2.24, 2.45) is 5.41 Å². The number of pyridine rings is 1. The van der Waals surface area contributed by atoms with Crippen LogP contribution in [0.1, 0.15) is 31.9 Å². The Morgan fingerprint density at radius 1 is 1.41 bits per heavy atom. The molecule has 0 aromatic carbocycles.